The molecule has 12 heteroatoms. The van der Waals surface area contributed by atoms with E-state index in [1.54, 1.807) is 24.3 Å². The summed E-state index contributed by atoms with van der Waals surface area (Å²) in [6.45, 7) is 0. The number of phenolic OH excluding ortho intramolecular Hbond substituents is 1. The fourth-order valence-corrected chi connectivity index (χ4v) is 8.72. The fourth-order valence-electron chi connectivity index (χ4n) is 6.88. The van der Waals surface area contributed by atoms with Gasteiger partial charge in [0.2, 0.25) is 11.8 Å². The van der Waals surface area contributed by atoms with Crippen LogP contribution in [0, 0.1) is 21.3 Å². The van der Waals surface area contributed by atoms with Crippen molar-refractivity contribution < 1.29 is 29.0 Å². The summed E-state index contributed by atoms with van der Waals surface area (Å²) in [5.41, 5.74) is 1.61. The Morgan fingerprint density at radius 2 is 1.73 bits per heavy atom. The van der Waals surface area contributed by atoms with Crippen LogP contribution in [-0.4, -0.2) is 57.5 Å². The lowest BCUT2D eigenvalue weighted by molar-refractivity contribution is -0.138. The Hall–Kier alpha value is -2.15. The smallest absolute Gasteiger partial charge is 0.253 e. The Labute approximate surface area is 261 Å². The van der Waals surface area contributed by atoms with Crippen molar-refractivity contribution in [3.8, 4) is 11.5 Å². The summed E-state index contributed by atoms with van der Waals surface area (Å²) in [6.07, 6.45) is 2.03. The number of amides is 4. The number of imide groups is 2. The summed E-state index contributed by atoms with van der Waals surface area (Å²) in [5, 5.41) is 10.5. The molecule has 2 aliphatic carbocycles. The highest BCUT2D eigenvalue weighted by Crippen LogP contribution is 2.65. The number of carbonyl (C=O) groups is 4. The number of hydrogen-bond acceptors (Lipinski definition) is 6. The lowest BCUT2D eigenvalue weighted by Gasteiger charge is -2.50. The van der Waals surface area contributed by atoms with Crippen molar-refractivity contribution in [3.05, 3.63) is 61.7 Å². The first-order chi connectivity index (χ1) is 18.9. The van der Waals surface area contributed by atoms with Crippen LogP contribution in [0.1, 0.15) is 24.3 Å². The average Bonchev–Trinajstić information content (AvgIpc) is 3.25. The summed E-state index contributed by atoms with van der Waals surface area (Å²) in [5.74, 6) is -5.03. The first kappa shape index (κ1) is 28.0. The average molecular weight is 760 g/mol. The minimum atomic E-state index is -1.92. The number of ether oxygens (including phenoxy) is 1. The summed E-state index contributed by atoms with van der Waals surface area (Å²) >= 11 is 19.9. The first-order valence-corrected chi connectivity index (χ1v) is 15.1. The molecule has 2 aliphatic heterocycles. The predicted molar refractivity (Wildman–Crippen MR) is 159 cm³/mol. The van der Waals surface area contributed by atoms with Gasteiger partial charge in [-0.3, -0.25) is 29.0 Å². The second-order valence-corrected chi connectivity index (χ2v) is 13.9. The van der Waals surface area contributed by atoms with Crippen LogP contribution >= 0.6 is 61.7 Å². The van der Waals surface area contributed by atoms with Crippen LogP contribution in [-0.2, 0) is 19.2 Å². The van der Waals surface area contributed by atoms with Crippen LogP contribution in [0.5, 0.6) is 11.5 Å². The number of allylic oxidation sites excluding steroid dienone is 2. The van der Waals surface area contributed by atoms with E-state index < -0.39 is 45.2 Å². The molecule has 8 nitrogen and oxygen atoms in total. The molecule has 0 aromatic heterocycles. The number of likely N-dealkylation sites (tertiary alicyclic amines) is 1. The van der Waals surface area contributed by atoms with E-state index in [1.165, 1.54) is 19.1 Å². The van der Waals surface area contributed by atoms with Gasteiger partial charge in [-0.1, -0.05) is 11.6 Å². The molecule has 2 aromatic rings. The van der Waals surface area contributed by atoms with Crippen LogP contribution in [0.15, 0.2) is 52.5 Å². The highest BCUT2D eigenvalue weighted by molar-refractivity contribution is 14.1. The van der Waals surface area contributed by atoms with Crippen molar-refractivity contribution in [1.29, 1.82) is 0 Å². The van der Waals surface area contributed by atoms with Gasteiger partial charge < -0.3 is 9.84 Å². The van der Waals surface area contributed by atoms with Gasteiger partial charge in [-0.15, -0.1) is 23.2 Å². The van der Waals surface area contributed by atoms with E-state index in [9.17, 15) is 24.3 Å². The number of aromatic hydroxyl groups is 1. The molecule has 40 heavy (non-hydrogen) atoms. The van der Waals surface area contributed by atoms with Crippen LogP contribution in [0.4, 0.5) is 5.69 Å². The largest absolute Gasteiger partial charge is 0.503 e. The standard InChI is InChI=1S/C28H22BrCl2IN2O6/c1-33-25(38)27(30)11-17-15(21(28(27,31)26(33)39)12-9-18(29)22(35)19(10-12)40-2)7-8-16-20(17)24(37)34(23(16)36)14-5-3-13(32)4-6-14/h3-7,9-10,16-17,20-21,35H,8,11H2,1-2H3. The lowest BCUT2D eigenvalue weighted by atomic mass is 9.56. The minimum absolute atomic E-state index is 0.0909. The maximum atomic E-state index is 14.0. The third-order valence-corrected chi connectivity index (χ3v) is 11.4. The topological polar surface area (TPSA) is 104 Å². The van der Waals surface area contributed by atoms with Gasteiger partial charge in [0.05, 0.1) is 29.1 Å². The number of nitrogens with zero attached hydrogens (tertiary/aromatic N) is 2. The zero-order chi connectivity index (χ0) is 28.9. The van der Waals surface area contributed by atoms with Gasteiger partial charge in [0.1, 0.15) is 0 Å². The van der Waals surface area contributed by atoms with Gasteiger partial charge in [-0.2, -0.15) is 0 Å². The Morgan fingerprint density at radius 3 is 2.38 bits per heavy atom. The number of anilines is 1. The van der Waals surface area contributed by atoms with Crippen molar-refractivity contribution >= 4 is 91.0 Å². The quantitative estimate of drug-likeness (QED) is 0.206. The fraction of sp³-hybridized carbons (Fsp3) is 0.357. The molecule has 3 fully saturated rings. The number of fused-ring (bicyclic) bond motifs is 4. The summed E-state index contributed by atoms with van der Waals surface area (Å²) < 4.78 is 6.61. The molecule has 0 spiro atoms. The molecule has 4 aliphatic rings. The molecule has 2 saturated heterocycles. The molecule has 2 heterocycles. The molecule has 6 unspecified atom stereocenters. The number of rotatable bonds is 3. The molecule has 4 amide bonds. The van der Waals surface area contributed by atoms with Crippen molar-refractivity contribution in [2.24, 2.45) is 17.8 Å². The summed E-state index contributed by atoms with van der Waals surface area (Å²) in [6, 6.07) is 10.3. The van der Waals surface area contributed by atoms with Crippen LogP contribution in [0.3, 0.4) is 0 Å². The monoisotopic (exact) mass is 758 g/mol. The van der Waals surface area contributed by atoms with Gasteiger partial charge in [0, 0.05) is 16.5 Å². The van der Waals surface area contributed by atoms with Gasteiger partial charge in [0.15, 0.2) is 21.2 Å². The van der Waals surface area contributed by atoms with E-state index in [-0.39, 0.29) is 36.2 Å². The van der Waals surface area contributed by atoms with Crippen LogP contribution < -0.4 is 9.64 Å². The Kier molecular flexibility index (Phi) is 6.60. The third kappa shape index (κ3) is 3.54. The van der Waals surface area contributed by atoms with Gasteiger partial charge in [0.25, 0.3) is 11.8 Å². The van der Waals surface area contributed by atoms with Crippen molar-refractivity contribution in [1.82, 2.24) is 4.90 Å². The molecule has 0 bridgehead atoms. The zero-order valence-corrected chi connectivity index (χ0v) is 26.4. The second-order valence-electron chi connectivity index (χ2n) is 10.5. The maximum absolute atomic E-state index is 14.0. The van der Waals surface area contributed by atoms with E-state index in [0.717, 1.165) is 8.47 Å². The molecule has 208 valence electrons. The van der Waals surface area contributed by atoms with E-state index >= 15 is 0 Å². The van der Waals surface area contributed by atoms with Crippen molar-refractivity contribution in [3.63, 3.8) is 0 Å². The summed E-state index contributed by atoms with van der Waals surface area (Å²) in [7, 11) is 2.73. The molecule has 6 atom stereocenters. The number of methoxy groups -OCH3 is 1. The van der Waals surface area contributed by atoms with Gasteiger partial charge in [-0.25, -0.2) is 0 Å². The molecule has 1 saturated carbocycles. The van der Waals surface area contributed by atoms with E-state index in [4.69, 9.17) is 27.9 Å². The predicted octanol–water partition coefficient (Wildman–Crippen LogP) is 4.96. The number of benzene rings is 2. The summed E-state index contributed by atoms with van der Waals surface area (Å²) in [4.78, 5) is 53.2. The minimum Gasteiger partial charge on any atom is -0.503 e. The second kappa shape index (κ2) is 9.43. The molecule has 0 radical (unpaired) electrons. The number of alkyl halides is 2. The molecule has 2 aromatic carbocycles. The first-order valence-electron chi connectivity index (χ1n) is 12.5. The third-order valence-electron chi connectivity index (χ3n) is 8.70. The maximum Gasteiger partial charge on any atom is 0.253 e. The molecular formula is C28H22BrCl2IN2O6. The van der Waals surface area contributed by atoms with Gasteiger partial charge in [-0.05, 0) is 99.2 Å². The molecular weight excluding hydrogens is 738 g/mol. The zero-order valence-electron chi connectivity index (χ0n) is 21.2. The van der Waals surface area contributed by atoms with E-state index in [1.807, 2.05) is 18.2 Å². The highest BCUT2D eigenvalue weighted by Gasteiger charge is 2.76. The Balaban J connectivity index is 1.53. The Bertz CT molecular complexity index is 1550. The van der Waals surface area contributed by atoms with E-state index in [2.05, 4.69) is 38.5 Å². The number of phenols is 1. The van der Waals surface area contributed by atoms with Crippen LogP contribution in [0.2, 0.25) is 0 Å². The van der Waals surface area contributed by atoms with Crippen molar-refractivity contribution in [2.45, 2.75) is 28.5 Å². The van der Waals surface area contributed by atoms with Gasteiger partial charge >= 0.3 is 0 Å². The lowest BCUT2D eigenvalue weighted by Crippen LogP contribution is -2.60. The Morgan fingerprint density at radius 1 is 1.05 bits per heavy atom. The number of hydrogen-bond donors (Lipinski definition) is 1. The van der Waals surface area contributed by atoms with Crippen LogP contribution in [0.25, 0.3) is 0 Å². The highest BCUT2D eigenvalue weighted by atomic mass is 127. The van der Waals surface area contributed by atoms with E-state index in [0.29, 0.717) is 21.3 Å². The van der Waals surface area contributed by atoms with Crippen molar-refractivity contribution in [2.75, 3.05) is 19.1 Å². The normalized spacial score (nSPS) is 33.1. The SMILES string of the molecule is COc1cc(C2C3=CCC4C(=O)N(c5ccc(I)cc5)C(=O)C4C3CC3(Cl)C(=O)N(C)C(=O)C23Cl)cc(Br)c1O. The molecule has 1 N–H and O–H groups in total. The number of carbonyl (C=O) groups excluding carboxylic acids is 4. The number of halogens is 4. The molecule has 6 rings (SSSR count).